The molecule has 1 aliphatic rings. The zero-order chi connectivity index (χ0) is 23.9. The molecule has 7 rings (SSSR count). The van der Waals surface area contributed by atoms with Gasteiger partial charge in [-0.25, -0.2) is 0 Å². The Morgan fingerprint density at radius 1 is 0.500 bits per heavy atom. The van der Waals surface area contributed by atoms with Gasteiger partial charge in [-0.2, -0.15) is 0 Å². The molecule has 2 nitrogen and oxygen atoms in total. The molecule has 4 aromatic carbocycles. The average molecular weight is 461 g/mol. The van der Waals surface area contributed by atoms with Crippen molar-refractivity contribution in [3.63, 3.8) is 0 Å². The minimum Gasteiger partial charge on any atom is -0.255 e. The topological polar surface area (TPSA) is 25.8 Å². The third-order valence-corrected chi connectivity index (χ3v) is 7.18. The lowest BCUT2D eigenvalue weighted by Crippen LogP contribution is -2.26. The number of fused-ring (bicyclic) bond motifs is 4. The molecule has 0 unspecified atom stereocenters. The summed E-state index contributed by atoms with van der Waals surface area (Å²) < 4.78 is 0. The molecule has 2 heterocycles. The number of benzene rings is 4. The number of hydrogen-bond donors (Lipinski definition) is 0. The van der Waals surface area contributed by atoms with Gasteiger partial charge >= 0.3 is 0 Å². The zero-order valence-electron chi connectivity index (χ0n) is 19.9. The van der Waals surface area contributed by atoms with Crippen molar-refractivity contribution >= 4 is 33.7 Å². The first kappa shape index (κ1) is 20.8. The maximum atomic E-state index is 4.65. The molecule has 0 atom stereocenters. The number of hydrogen-bond acceptors (Lipinski definition) is 2. The number of aromatic nitrogens is 2. The van der Waals surface area contributed by atoms with E-state index in [1.54, 1.807) is 6.20 Å². The zero-order valence-corrected chi connectivity index (χ0v) is 19.9. The second kappa shape index (κ2) is 8.58. The van der Waals surface area contributed by atoms with Crippen molar-refractivity contribution in [1.29, 1.82) is 0 Å². The van der Waals surface area contributed by atoms with Crippen molar-refractivity contribution in [3.8, 4) is 33.6 Å². The first-order valence-electron chi connectivity index (χ1n) is 12.5. The van der Waals surface area contributed by atoms with E-state index in [1.165, 1.54) is 43.1 Å². The van der Waals surface area contributed by atoms with E-state index in [0.29, 0.717) is 0 Å². The summed E-state index contributed by atoms with van der Waals surface area (Å²) in [5.74, 6) is 0. The van der Waals surface area contributed by atoms with Crippen LogP contribution in [0.4, 0.5) is 0 Å². The Balaban J connectivity index is 1.33. The summed E-state index contributed by atoms with van der Waals surface area (Å²) in [6.07, 6.45) is 10.7. The summed E-state index contributed by atoms with van der Waals surface area (Å²) in [4.78, 5) is 9.06. The van der Waals surface area contributed by atoms with Crippen molar-refractivity contribution in [2.75, 3.05) is 0 Å². The summed E-state index contributed by atoms with van der Waals surface area (Å²) >= 11 is 0. The molecule has 0 amide bonds. The molecule has 0 fully saturated rings. The quantitative estimate of drug-likeness (QED) is 0.262. The Hall–Kier alpha value is -4.56. The van der Waals surface area contributed by atoms with Gasteiger partial charge in [0, 0.05) is 18.0 Å². The van der Waals surface area contributed by atoms with E-state index in [1.807, 2.05) is 30.5 Å². The Bertz CT molecular complexity index is 1850. The van der Waals surface area contributed by atoms with Crippen LogP contribution in [0.1, 0.15) is 12.8 Å². The fourth-order valence-corrected chi connectivity index (χ4v) is 5.32. The minimum atomic E-state index is 0.885. The molecule has 36 heavy (non-hydrogen) atoms. The fraction of sp³-hybridized carbons (Fsp3) is 0.0588. The average Bonchev–Trinajstić information content (AvgIpc) is 2.96. The van der Waals surface area contributed by atoms with Gasteiger partial charge in [-0.05, 0) is 97.9 Å². The van der Waals surface area contributed by atoms with Gasteiger partial charge in [-0.1, -0.05) is 72.8 Å². The molecule has 1 aliphatic carbocycles. The molecule has 0 saturated carbocycles. The molecule has 0 N–H and O–H groups in total. The second-order valence-electron chi connectivity index (χ2n) is 9.38. The smallest absolute Gasteiger partial charge is 0.0886 e. The minimum absolute atomic E-state index is 0.885. The van der Waals surface area contributed by atoms with Gasteiger partial charge in [0.15, 0.2) is 0 Å². The van der Waals surface area contributed by atoms with Crippen LogP contribution in [0.5, 0.6) is 0 Å². The number of pyridine rings is 2. The highest BCUT2D eigenvalue weighted by Crippen LogP contribution is 2.35. The molecular weight excluding hydrogens is 436 g/mol. The van der Waals surface area contributed by atoms with Crippen molar-refractivity contribution in [2.45, 2.75) is 12.8 Å². The Labute approximate surface area is 209 Å². The van der Waals surface area contributed by atoms with Crippen LogP contribution in [0, 0.1) is 0 Å². The van der Waals surface area contributed by atoms with E-state index < -0.39 is 0 Å². The molecule has 0 bridgehead atoms. The Morgan fingerprint density at radius 3 is 1.94 bits per heavy atom. The van der Waals surface area contributed by atoms with Crippen LogP contribution in [-0.2, 0) is 0 Å². The highest BCUT2D eigenvalue weighted by atomic mass is 14.8. The van der Waals surface area contributed by atoms with Gasteiger partial charge in [-0.15, -0.1) is 0 Å². The van der Waals surface area contributed by atoms with Crippen LogP contribution in [0.3, 0.4) is 0 Å². The van der Waals surface area contributed by atoms with E-state index in [-0.39, 0.29) is 0 Å². The van der Waals surface area contributed by atoms with Crippen molar-refractivity contribution < 1.29 is 0 Å². The summed E-state index contributed by atoms with van der Waals surface area (Å²) in [5, 5.41) is 7.93. The van der Waals surface area contributed by atoms with Crippen LogP contribution in [0.2, 0.25) is 0 Å². The molecule has 0 radical (unpaired) electrons. The second-order valence-corrected chi connectivity index (χ2v) is 9.38. The van der Waals surface area contributed by atoms with Gasteiger partial charge in [-0.3, -0.25) is 9.97 Å². The highest BCUT2D eigenvalue weighted by molar-refractivity contribution is 6.13. The van der Waals surface area contributed by atoms with E-state index in [2.05, 4.69) is 94.9 Å². The first-order chi connectivity index (χ1) is 17.8. The van der Waals surface area contributed by atoms with Gasteiger partial charge in [0.25, 0.3) is 0 Å². The molecule has 0 aliphatic heterocycles. The molecule has 6 aromatic rings. The summed E-state index contributed by atoms with van der Waals surface area (Å²) in [7, 11) is 0. The molecule has 2 heteroatoms. The Morgan fingerprint density at radius 2 is 1.19 bits per heavy atom. The van der Waals surface area contributed by atoms with E-state index >= 15 is 0 Å². The summed E-state index contributed by atoms with van der Waals surface area (Å²) in [5.41, 5.74) is 6.54. The van der Waals surface area contributed by atoms with E-state index in [0.717, 1.165) is 35.4 Å². The number of rotatable bonds is 3. The van der Waals surface area contributed by atoms with Crippen molar-refractivity contribution in [2.24, 2.45) is 0 Å². The standard InChI is InChI=1S/C34H24N2/c1-2-8-26-20-32-30(21-27-9-3-4-10-29(27)31(32)19-25(26)7-1)24-14-12-23(13-15-24)28-16-17-34(36-22-28)33-11-5-6-18-35-33/h3-22H,1-2H2. The molecule has 0 saturated heterocycles. The predicted octanol–water partition coefficient (Wildman–Crippen LogP) is 7.14. The van der Waals surface area contributed by atoms with E-state index in [4.69, 9.17) is 0 Å². The maximum absolute atomic E-state index is 4.65. The third-order valence-electron chi connectivity index (χ3n) is 7.18. The first-order valence-corrected chi connectivity index (χ1v) is 12.5. The fourth-order valence-electron chi connectivity index (χ4n) is 5.32. The number of nitrogens with zero attached hydrogens (tertiary/aromatic N) is 2. The van der Waals surface area contributed by atoms with Gasteiger partial charge in [0.2, 0.25) is 0 Å². The molecule has 170 valence electrons. The molecule has 0 spiro atoms. The van der Waals surface area contributed by atoms with Crippen LogP contribution < -0.4 is 10.4 Å². The lowest BCUT2D eigenvalue weighted by molar-refractivity contribution is 1.12. The van der Waals surface area contributed by atoms with Crippen LogP contribution in [0.15, 0.2) is 109 Å². The lowest BCUT2D eigenvalue weighted by atomic mass is 9.91. The predicted molar refractivity (Wildman–Crippen MR) is 151 cm³/mol. The van der Waals surface area contributed by atoms with Gasteiger partial charge in [0.05, 0.1) is 11.4 Å². The van der Waals surface area contributed by atoms with Crippen molar-refractivity contribution in [1.82, 2.24) is 9.97 Å². The van der Waals surface area contributed by atoms with E-state index in [9.17, 15) is 0 Å². The molecule has 2 aromatic heterocycles. The Kier molecular flexibility index (Phi) is 4.96. The lowest BCUT2D eigenvalue weighted by Gasteiger charge is -2.13. The van der Waals surface area contributed by atoms with Gasteiger partial charge in [0.1, 0.15) is 0 Å². The monoisotopic (exact) mass is 460 g/mol. The van der Waals surface area contributed by atoms with Crippen LogP contribution >= 0.6 is 0 Å². The third kappa shape index (κ3) is 3.59. The summed E-state index contributed by atoms with van der Waals surface area (Å²) in [6.45, 7) is 0. The van der Waals surface area contributed by atoms with Gasteiger partial charge < -0.3 is 0 Å². The van der Waals surface area contributed by atoms with Crippen LogP contribution in [-0.4, -0.2) is 9.97 Å². The maximum Gasteiger partial charge on any atom is 0.0886 e. The SMILES string of the molecule is C1=c2cc3c(-c4ccc(-c5ccc(-c6ccccn6)nc5)cc4)cc4ccccc4c3cc2=CCC1. The largest absolute Gasteiger partial charge is 0.255 e. The van der Waals surface area contributed by atoms with Crippen LogP contribution in [0.25, 0.3) is 67.3 Å². The van der Waals surface area contributed by atoms with Crippen molar-refractivity contribution in [3.05, 3.63) is 120 Å². The molecular formula is C34H24N2. The summed E-state index contributed by atoms with van der Waals surface area (Å²) in [6, 6.07) is 34.8. The normalized spacial score (nSPS) is 12.7. The highest BCUT2D eigenvalue weighted by Gasteiger charge is 2.11.